The minimum absolute atomic E-state index is 0.0912. The molecule has 0 radical (unpaired) electrons. The Morgan fingerprint density at radius 3 is 2.20 bits per heavy atom. The van der Waals surface area contributed by atoms with Gasteiger partial charge in [0.15, 0.2) is 0 Å². The summed E-state index contributed by atoms with van der Waals surface area (Å²) in [6.45, 7) is 17.5. The van der Waals surface area contributed by atoms with E-state index in [-0.39, 0.29) is 11.9 Å². The van der Waals surface area contributed by atoms with Gasteiger partial charge in [0.25, 0.3) is 0 Å². The highest BCUT2D eigenvalue weighted by Crippen LogP contribution is 2.37. The zero-order chi connectivity index (χ0) is 23.2. The van der Waals surface area contributed by atoms with Gasteiger partial charge in [-0.05, 0) is 71.1 Å². The maximum Gasteiger partial charge on any atom is 0.342 e. The molecule has 0 bridgehead atoms. The van der Waals surface area contributed by atoms with Gasteiger partial charge in [-0.1, -0.05) is 38.5 Å². The van der Waals surface area contributed by atoms with Crippen LogP contribution >= 0.6 is 12.9 Å². The lowest BCUT2D eigenvalue weighted by Crippen LogP contribution is -2.35. The van der Waals surface area contributed by atoms with Crippen molar-refractivity contribution >= 4 is 30.4 Å². The first-order valence-corrected chi connectivity index (χ1v) is 10.8. The van der Waals surface area contributed by atoms with Crippen LogP contribution in [0, 0.1) is 32.1 Å². The second-order valence-electron chi connectivity index (χ2n) is 8.63. The Labute approximate surface area is 186 Å². The summed E-state index contributed by atoms with van der Waals surface area (Å²) in [6, 6.07) is 4.02. The first-order chi connectivity index (χ1) is 14.0. The maximum atomic E-state index is 13.0. The Balaban J connectivity index is 0.00000218. The van der Waals surface area contributed by atoms with Crippen LogP contribution in [0.4, 0.5) is 0 Å². The van der Waals surface area contributed by atoms with E-state index in [0.717, 1.165) is 22.3 Å². The number of carbonyl (C=O) groups excluding carboxylic acids is 2. The van der Waals surface area contributed by atoms with Gasteiger partial charge in [0.05, 0.1) is 12.0 Å². The van der Waals surface area contributed by atoms with Gasteiger partial charge in [-0.15, -0.1) is 0 Å². The Hall–Kier alpha value is -1.79. The van der Waals surface area contributed by atoms with E-state index in [1.807, 2.05) is 53.7 Å². The van der Waals surface area contributed by atoms with Crippen molar-refractivity contribution in [1.29, 1.82) is 0 Å². The summed E-state index contributed by atoms with van der Waals surface area (Å²) >= 11 is 3.79. The molecule has 0 spiro atoms. The van der Waals surface area contributed by atoms with Gasteiger partial charge in [-0.25, -0.2) is 4.79 Å². The second-order valence-corrected chi connectivity index (χ2v) is 8.89. The molecule has 1 aromatic rings. The summed E-state index contributed by atoms with van der Waals surface area (Å²) in [5.41, 5.74) is 3.41. The predicted molar refractivity (Wildman–Crippen MR) is 123 cm³/mol. The smallest absolute Gasteiger partial charge is 0.342 e. The van der Waals surface area contributed by atoms with E-state index in [1.54, 1.807) is 20.8 Å². The van der Waals surface area contributed by atoms with Crippen LogP contribution in [0.3, 0.4) is 0 Å². The van der Waals surface area contributed by atoms with Gasteiger partial charge in [-0.3, -0.25) is 4.79 Å². The summed E-state index contributed by atoms with van der Waals surface area (Å²) < 4.78 is 16.4. The lowest BCUT2D eigenvalue weighted by molar-refractivity contribution is -0.153. The fraction of sp³-hybridized carbons (Fsp3) is 0.583. The van der Waals surface area contributed by atoms with Crippen molar-refractivity contribution in [3.05, 3.63) is 40.1 Å². The Bertz CT molecular complexity index is 781. The molecule has 2 atom stereocenters. The molecule has 0 saturated carbocycles. The molecule has 0 fully saturated rings. The second kappa shape index (κ2) is 11.0. The third-order valence-electron chi connectivity index (χ3n) is 4.86. The third kappa shape index (κ3) is 6.35. The molecule has 0 saturated heterocycles. The number of rotatable bonds is 5. The van der Waals surface area contributed by atoms with Crippen molar-refractivity contribution in [3.8, 4) is 0 Å². The van der Waals surface area contributed by atoms with Crippen LogP contribution in [0.1, 0.15) is 70.2 Å². The van der Waals surface area contributed by atoms with E-state index in [0.29, 0.717) is 24.4 Å². The molecule has 30 heavy (non-hydrogen) atoms. The average Bonchev–Trinajstić information content (AvgIpc) is 2.63. The highest BCUT2D eigenvalue weighted by Gasteiger charge is 2.37. The molecular formula is C24H36O5S. The predicted octanol–water partition coefficient (Wildman–Crippen LogP) is 5.75. The molecule has 2 rings (SSSR count). The van der Waals surface area contributed by atoms with E-state index in [2.05, 4.69) is 12.9 Å². The van der Waals surface area contributed by atoms with Crippen LogP contribution in [0.5, 0.6) is 0 Å². The topological polar surface area (TPSA) is 61.8 Å². The number of ether oxygens (including phenoxy) is 2. The summed E-state index contributed by atoms with van der Waals surface area (Å²) in [7, 11) is 0. The zero-order valence-corrected chi connectivity index (χ0v) is 20.6. The molecule has 0 N–H and O–H groups in total. The van der Waals surface area contributed by atoms with Crippen LogP contribution in [0.15, 0.2) is 17.9 Å². The van der Waals surface area contributed by atoms with E-state index in [4.69, 9.17) is 13.7 Å². The Morgan fingerprint density at radius 2 is 1.73 bits per heavy atom. The molecule has 0 amide bonds. The summed E-state index contributed by atoms with van der Waals surface area (Å²) in [5.74, 6) is -0.586. The van der Waals surface area contributed by atoms with E-state index < -0.39 is 17.5 Å². The van der Waals surface area contributed by atoms with Gasteiger partial charge in [0.2, 0.25) is 0 Å². The molecule has 1 aliphatic rings. The minimum atomic E-state index is -0.688. The minimum Gasteiger partial charge on any atom is -0.458 e. The number of esters is 2. The SMILES string of the molecule is CC.Cc1cc(C)c(C2=C(OC(=O)C(C)(C)C)CC(C(C)COS)OC2=O)c(C)c1. The number of hydrogen-bond acceptors (Lipinski definition) is 6. The number of benzene rings is 1. The van der Waals surface area contributed by atoms with Crippen LogP contribution in [0.25, 0.3) is 5.57 Å². The quantitative estimate of drug-likeness (QED) is 0.362. The molecule has 1 aliphatic heterocycles. The maximum absolute atomic E-state index is 13.0. The number of carbonyl (C=O) groups is 2. The van der Waals surface area contributed by atoms with Crippen molar-refractivity contribution in [3.63, 3.8) is 0 Å². The lowest BCUT2D eigenvalue weighted by atomic mass is 9.88. The molecule has 1 aromatic carbocycles. The van der Waals surface area contributed by atoms with Crippen molar-refractivity contribution < 1.29 is 23.2 Å². The highest BCUT2D eigenvalue weighted by atomic mass is 32.1. The fourth-order valence-corrected chi connectivity index (χ4v) is 3.59. The van der Waals surface area contributed by atoms with E-state index >= 15 is 0 Å². The Morgan fingerprint density at radius 1 is 1.20 bits per heavy atom. The van der Waals surface area contributed by atoms with Gasteiger partial charge in [-0.2, -0.15) is 0 Å². The molecule has 5 nitrogen and oxygen atoms in total. The molecule has 1 heterocycles. The van der Waals surface area contributed by atoms with Crippen LogP contribution in [0.2, 0.25) is 0 Å². The summed E-state index contributed by atoms with van der Waals surface area (Å²) in [4.78, 5) is 25.6. The van der Waals surface area contributed by atoms with Crippen molar-refractivity contribution in [2.24, 2.45) is 11.3 Å². The number of hydrogen-bond donors (Lipinski definition) is 1. The van der Waals surface area contributed by atoms with Gasteiger partial charge >= 0.3 is 11.9 Å². The standard InChI is InChI=1S/C22H30O5S.C2H6/c1-12-8-13(2)18(14(3)9-12)19-17(27-21(24)22(5,6)7)10-16(26-20(19)23)15(4)11-25-28;1-2/h8-9,15-16,28H,10-11H2,1-7H3;1-2H3. The first kappa shape index (κ1) is 26.2. The molecule has 2 unspecified atom stereocenters. The van der Waals surface area contributed by atoms with Crippen LogP contribution < -0.4 is 0 Å². The summed E-state index contributed by atoms with van der Waals surface area (Å²) in [6.07, 6.45) is -0.134. The van der Waals surface area contributed by atoms with Gasteiger partial charge < -0.3 is 13.7 Å². The third-order valence-corrected chi connectivity index (χ3v) is 5.00. The molecule has 6 heteroatoms. The normalized spacial score (nSPS) is 17.7. The van der Waals surface area contributed by atoms with Gasteiger partial charge in [0, 0.05) is 12.3 Å². The van der Waals surface area contributed by atoms with E-state index in [1.165, 1.54) is 0 Å². The van der Waals surface area contributed by atoms with Gasteiger partial charge in [0.1, 0.15) is 17.4 Å². The molecule has 0 aliphatic carbocycles. The largest absolute Gasteiger partial charge is 0.458 e. The van der Waals surface area contributed by atoms with Crippen molar-refractivity contribution in [2.45, 2.75) is 74.8 Å². The van der Waals surface area contributed by atoms with Crippen molar-refractivity contribution in [2.75, 3.05) is 6.61 Å². The van der Waals surface area contributed by atoms with Crippen molar-refractivity contribution in [1.82, 2.24) is 0 Å². The summed E-state index contributed by atoms with van der Waals surface area (Å²) in [5, 5.41) is 0. The monoisotopic (exact) mass is 436 g/mol. The van der Waals surface area contributed by atoms with E-state index in [9.17, 15) is 9.59 Å². The lowest BCUT2D eigenvalue weighted by Gasteiger charge is -2.31. The molecular weight excluding hydrogens is 400 g/mol. The fourth-order valence-electron chi connectivity index (χ4n) is 3.35. The molecule has 0 aromatic heterocycles. The van der Waals surface area contributed by atoms with Crippen LogP contribution in [-0.4, -0.2) is 24.6 Å². The average molecular weight is 437 g/mol. The molecule has 168 valence electrons. The highest BCUT2D eigenvalue weighted by molar-refractivity contribution is 7.75. The van der Waals surface area contributed by atoms with Crippen LogP contribution in [-0.2, 0) is 23.2 Å². The Kier molecular flexibility index (Phi) is 9.63. The first-order valence-electron chi connectivity index (χ1n) is 10.5. The number of thiol groups is 1. The number of aryl methyl sites for hydroxylation is 3. The zero-order valence-electron chi connectivity index (χ0n) is 19.7. The number of cyclic esters (lactones) is 1.